The van der Waals surface area contributed by atoms with Gasteiger partial charge < -0.3 is 20.1 Å². The third-order valence-corrected chi connectivity index (χ3v) is 5.47. The van der Waals surface area contributed by atoms with Crippen LogP contribution in [0.25, 0.3) is 0 Å². The smallest absolute Gasteiger partial charge is 0.255 e. The number of ether oxygens (including phenoxy) is 2. The molecule has 4 aromatic rings. The summed E-state index contributed by atoms with van der Waals surface area (Å²) in [6, 6.07) is 24.9. The van der Waals surface area contributed by atoms with E-state index in [-0.39, 0.29) is 22.9 Å². The molecule has 6 nitrogen and oxygen atoms in total. The number of halogens is 2. The van der Waals surface area contributed by atoms with Crippen molar-refractivity contribution in [3.63, 3.8) is 0 Å². The highest BCUT2D eigenvalue weighted by Gasteiger charge is 2.08. The van der Waals surface area contributed by atoms with E-state index < -0.39 is 11.6 Å². The van der Waals surface area contributed by atoms with Crippen LogP contribution in [0.15, 0.2) is 97.1 Å². The fourth-order valence-corrected chi connectivity index (χ4v) is 3.52. The quantitative estimate of drug-likeness (QED) is 0.217. The van der Waals surface area contributed by atoms with Crippen molar-refractivity contribution in [2.75, 3.05) is 23.8 Å². The monoisotopic (exact) mass is 516 g/mol. The summed E-state index contributed by atoms with van der Waals surface area (Å²) in [4.78, 5) is 24.4. The summed E-state index contributed by atoms with van der Waals surface area (Å²) in [5.74, 6) is -0.359. The summed E-state index contributed by atoms with van der Waals surface area (Å²) in [5.41, 5.74) is 1.66. The maximum atomic E-state index is 13.3. The Morgan fingerprint density at radius 2 is 0.974 bits per heavy atom. The van der Waals surface area contributed by atoms with Crippen LogP contribution in [-0.4, -0.2) is 25.0 Å². The number of unbranched alkanes of at least 4 members (excludes halogenated alkanes) is 1. The zero-order chi connectivity index (χ0) is 26.7. The summed E-state index contributed by atoms with van der Waals surface area (Å²) in [6.07, 6.45) is 1.56. The molecule has 0 saturated carbocycles. The van der Waals surface area contributed by atoms with Gasteiger partial charge in [-0.05, 0) is 97.8 Å². The molecule has 0 spiro atoms. The second kappa shape index (κ2) is 13.0. The second-order valence-corrected chi connectivity index (χ2v) is 8.38. The summed E-state index contributed by atoms with van der Waals surface area (Å²) < 4.78 is 38.0. The number of hydrogen-bond donors (Lipinski definition) is 2. The summed E-state index contributed by atoms with van der Waals surface area (Å²) in [6.45, 7) is 1.01. The molecule has 0 bridgehead atoms. The molecule has 4 rings (SSSR count). The lowest BCUT2D eigenvalue weighted by Gasteiger charge is -2.10. The normalized spacial score (nSPS) is 10.5. The van der Waals surface area contributed by atoms with E-state index in [1.54, 1.807) is 60.7 Å². The van der Waals surface area contributed by atoms with Crippen LogP contribution in [0.4, 0.5) is 20.2 Å². The molecule has 0 atom stereocenters. The van der Waals surface area contributed by atoms with Crippen molar-refractivity contribution in [3.05, 3.63) is 120 Å². The van der Waals surface area contributed by atoms with Gasteiger partial charge in [-0.15, -0.1) is 0 Å². The van der Waals surface area contributed by atoms with Crippen LogP contribution in [-0.2, 0) is 0 Å². The molecule has 0 fully saturated rings. The SMILES string of the molecule is O=C(Nc1ccc(OCCCCOc2ccc(NC(=O)c3cccc(F)c3)cc2)cc1)c1cccc(F)c1. The van der Waals surface area contributed by atoms with Crippen molar-refractivity contribution in [2.45, 2.75) is 12.8 Å². The van der Waals surface area contributed by atoms with Gasteiger partial charge in [-0.25, -0.2) is 8.78 Å². The molecule has 0 radical (unpaired) electrons. The summed E-state index contributed by atoms with van der Waals surface area (Å²) in [7, 11) is 0. The Balaban J connectivity index is 1.12. The fourth-order valence-electron chi connectivity index (χ4n) is 3.52. The molecular formula is C30H26F2N2O4. The van der Waals surface area contributed by atoms with Crippen molar-refractivity contribution in [3.8, 4) is 11.5 Å². The first-order chi connectivity index (χ1) is 18.5. The Morgan fingerprint density at radius 1 is 0.579 bits per heavy atom. The van der Waals surface area contributed by atoms with Crippen molar-refractivity contribution in [2.24, 2.45) is 0 Å². The Labute approximate surface area is 219 Å². The van der Waals surface area contributed by atoms with E-state index in [2.05, 4.69) is 10.6 Å². The molecule has 38 heavy (non-hydrogen) atoms. The van der Waals surface area contributed by atoms with Crippen molar-refractivity contribution >= 4 is 23.2 Å². The van der Waals surface area contributed by atoms with Crippen LogP contribution >= 0.6 is 0 Å². The van der Waals surface area contributed by atoms with Gasteiger partial charge in [0.15, 0.2) is 0 Å². The highest BCUT2D eigenvalue weighted by atomic mass is 19.1. The average Bonchev–Trinajstić information content (AvgIpc) is 2.92. The first-order valence-corrected chi connectivity index (χ1v) is 12.1. The molecular weight excluding hydrogens is 490 g/mol. The van der Waals surface area contributed by atoms with Crippen LogP contribution in [0, 0.1) is 11.6 Å². The summed E-state index contributed by atoms with van der Waals surface area (Å²) in [5, 5.41) is 5.44. The molecule has 4 aromatic carbocycles. The van der Waals surface area contributed by atoms with E-state index in [4.69, 9.17) is 9.47 Å². The Hall–Kier alpha value is -4.72. The van der Waals surface area contributed by atoms with Crippen LogP contribution in [0.5, 0.6) is 11.5 Å². The second-order valence-electron chi connectivity index (χ2n) is 8.38. The van der Waals surface area contributed by atoms with Gasteiger partial charge in [-0.1, -0.05) is 12.1 Å². The zero-order valence-electron chi connectivity index (χ0n) is 20.5. The maximum absolute atomic E-state index is 13.3. The van der Waals surface area contributed by atoms with Gasteiger partial charge in [0, 0.05) is 22.5 Å². The first-order valence-electron chi connectivity index (χ1n) is 12.1. The molecule has 0 aliphatic heterocycles. The lowest BCUT2D eigenvalue weighted by Crippen LogP contribution is -2.12. The fraction of sp³-hybridized carbons (Fsp3) is 0.133. The number of rotatable bonds is 11. The molecule has 2 amide bonds. The van der Waals surface area contributed by atoms with Crippen LogP contribution in [0.3, 0.4) is 0 Å². The average molecular weight is 517 g/mol. The maximum Gasteiger partial charge on any atom is 0.255 e. The molecule has 0 aliphatic rings. The molecule has 8 heteroatoms. The topological polar surface area (TPSA) is 76.7 Å². The Kier molecular flexibility index (Phi) is 9.02. The highest BCUT2D eigenvalue weighted by Crippen LogP contribution is 2.19. The number of anilines is 2. The molecule has 2 N–H and O–H groups in total. The van der Waals surface area contributed by atoms with E-state index in [9.17, 15) is 18.4 Å². The molecule has 0 aliphatic carbocycles. The van der Waals surface area contributed by atoms with Gasteiger partial charge in [-0.3, -0.25) is 9.59 Å². The van der Waals surface area contributed by atoms with Gasteiger partial charge in [0.2, 0.25) is 0 Å². The number of benzene rings is 4. The molecule has 0 aromatic heterocycles. The predicted molar refractivity (Wildman–Crippen MR) is 142 cm³/mol. The van der Waals surface area contributed by atoms with Crippen molar-refractivity contribution in [1.29, 1.82) is 0 Å². The standard InChI is InChI=1S/C30H26F2N2O4/c31-23-7-3-5-21(19-23)29(35)33-25-9-13-27(14-10-25)37-17-1-2-18-38-28-15-11-26(12-16-28)34-30(36)22-6-4-8-24(32)20-22/h3-16,19-20H,1-2,17-18H2,(H,33,35)(H,34,36). The van der Waals surface area contributed by atoms with E-state index in [0.717, 1.165) is 12.8 Å². The number of carbonyl (C=O) groups excluding carboxylic acids is 2. The number of hydrogen-bond acceptors (Lipinski definition) is 4. The third-order valence-electron chi connectivity index (χ3n) is 5.47. The molecule has 0 heterocycles. The van der Waals surface area contributed by atoms with E-state index in [1.807, 2.05) is 0 Å². The Bertz CT molecular complexity index is 1270. The van der Waals surface area contributed by atoms with Crippen molar-refractivity contribution in [1.82, 2.24) is 0 Å². The minimum atomic E-state index is -0.464. The minimum Gasteiger partial charge on any atom is -0.494 e. The van der Waals surface area contributed by atoms with Crippen molar-refractivity contribution < 1.29 is 27.8 Å². The molecule has 0 saturated heterocycles. The minimum absolute atomic E-state index is 0.246. The van der Waals surface area contributed by atoms with E-state index in [0.29, 0.717) is 36.1 Å². The Morgan fingerprint density at radius 3 is 1.34 bits per heavy atom. The van der Waals surface area contributed by atoms with E-state index in [1.165, 1.54) is 36.4 Å². The number of carbonyl (C=O) groups is 2. The number of amides is 2. The zero-order valence-corrected chi connectivity index (χ0v) is 20.5. The lowest BCUT2D eigenvalue weighted by molar-refractivity contribution is 0.101. The van der Waals surface area contributed by atoms with Crippen LogP contribution in [0.1, 0.15) is 33.6 Å². The largest absolute Gasteiger partial charge is 0.494 e. The third kappa shape index (κ3) is 7.89. The van der Waals surface area contributed by atoms with Gasteiger partial charge in [0.1, 0.15) is 23.1 Å². The van der Waals surface area contributed by atoms with Gasteiger partial charge in [-0.2, -0.15) is 0 Å². The van der Waals surface area contributed by atoms with Crippen LogP contribution < -0.4 is 20.1 Å². The number of nitrogens with one attached hydrogen (secondary N) is 2. The first kappa shape index (κ1) is 26.3. The lowest BCUT2D eigenvalue weighted by atomic mass is 10.2. The molecule has 0 unspecified atom stereocenters. The summed E-state index contributed by atoms with van der Waals surface area (Å²) >= 11 is 0. The molecule has 194 valence electrons. The van der Waals surface area contributed by atoms with Gasteiger partial charge >= 0.3 is 0 Å². The predicted octanol–water partition coefficient (Wildman–Crippen LogP) is 6.71. The van der Waals surface area contributed by atoms with Gasteiger partial charge in [0.25, 0.3) is 11.8 Å². The van der Waals surface area contributed by atoms with Gasteiger partial charge in [0.05, 0.1) is 13.2 Å². The van der Waals surface area contributed by atoms with Crippen LogP contribution in [0.2, 0.25) is 0 Å². The van der Waals surface area contributed by atoms with E-state index >= 15 is 0 Å². The highest BCUT2D eigenvalue weighted by molar-refractivity contribution is 6.04.